The van der Waals surface area contributed by atoms with Gasteiger partial charge in [0.2, 0.25) is 0 Å². The zero-order valence-electron chi connectivity index (χ0n) is 14.6. The van der Waals surface area contributed by atoms with Crippen LogP contribution in [0.3, 0.4) is 0 Å². The monoisotopic (exact) mass is 600 g/mol. The van der Waals surface area contributed by atoms with Crippen molar-refractivity contribution in [2.75, 3.05) is 31.1 Å². The summed E-state index contributed by atoms with van der Waals surface area (Å²) >= 11 is 10.2. The minimum Gasteiger partial charge on any atom is -0.800 e. The standard InChI is InChI=1S/C18H19N3O4S2.Au/c22-17(25-16-7-5-15(6-8-16)21(23)24)13-1-3-14(4-2-13)19-9-11-20(12-10-19)18(26)27;/h1-8,18,26-27H,9-12H2;/p-2. The van der Waals surface area contributed by atoms with Crippen LogP contribution in [0.5, 0.6) is 5.75 Å². The number of nitro groups is 1. The number of nitrogens with zero attached hydrogens (tertiary/aromatic N) is 3. The minimum atomic E-state index is -0.514. The van der Waals surface area contributed by atoms with Crippen molar-refractivity contribution in [2.45, 2.75) is 4.71 Å². The van der Waals surface area contributed by atoms with E-state index in [-0.39, 0.29) is 38.5 Å². The zero-order chi connectivity index (χ0) is 19.4. The third-order valence-electron chi connectivity index (χ3n) is 4.34. The molecule has 153 valence electrons. The van der Waals surface area contributed by atoms with Crippen molar-refractivity contribution < 1.29 is 36.8 Å². The molecule has 7 nitrogen and oxygen atoms in total. The van der Waals surface area contributed by atoms with E-state index in [0.29, 0.717) is 5.56 Å². The van der Waals surface area contributed by atoms with Crippen molar-refractivity contribution in [1.82, 2.24) is 4.90 Å². The van der Waals surface area contributed by atoms with Crippen LogP contribution in [0.15, 0.2) is 48.5 Å². The third-order valence-corrected chi connectivity index (χ3v) is 4.93. The Morgan fingerprint density at radius 1 is 1.00 bits per heavy atom. The first kappa shape index (κ1) is 22.8. The van der Waals surface area contributed by atoms with Crippen LogP contribution in [0, 0.1) is 10.1 Å². The Bertz CT molecular complexity index is 811. The van der Waals surface area contributed by atoms with Crippen molar-refractivity contribution >= 4 is 42.6 Å². The number of hydrogen-bond donors (Lipinski definition) is 0. The predicted octanol–water partition coefficient (Wildman–Crippen LogP) is 2.31. The molecule has 1 saturated heterocycles. The molecule has 1 heterocycles. The Morgan fingerprint density at radius 3 is 2.07 bits per heavy atom. The average Bonchev–Trinajstić information content (AvgIpc) is 2.68. The van der Waals surface area contributed by atoms with Gasteiger partial charge < -0.3 is 39.8 Å². The number of ether oxygens (including phenoxy) is 1. The molecule has 1 radical (unpaired) electrons. The Kier molecular flexibility index (Phi) is 8.41. The van der Waals surface area contributed by atoms with Crippen LogP contribution in [-0.2, 0) is 47.6 Å². The van der Waals surface area contributed by atoms with Gasteiger partial charge in [-0.15, -0.1) is 0 Å². The van der Waals surface area contributed by atoms with E-state index in [9.17, 15) is 14.9 Å². The maximum Gasteiger partial charge on any atom is 0.343 e. The van der Waals surface area contributed by atoms with E-state index >= 15 is 0 Å². The summed E-state index contributed by atoms with van der Waals surface area (Å²) in [5, 5.41) is 10.7. The van der Waals surface area contributed by atoms with Crippen molar-refractivity contribution in [3.63, 3.8) is 0 Å². The largest absolute Gasteiger partial charge is 0.800 e. The number of esters is 1. The first-order valence-corrected chi connectivity index (χ1v) is 9.25. The summed E-state index contributed by atoms with van der Waals surface area (Å²) in [5.41, 5.74) is 1.37. The molecule has 0 spiro atoms. The van der Waals surface area contributed by atoms with E-state index in [1.807, 2.05) is 12.1 Å². The van der Waals surface area contributed by atoms with E-state index < -0.39 is 10.9 Å². The molecule has 0 unspecified atom stereocenters. The maximum absolute atomic E-state index is 12.2. The number of rotatable bonds is 5. The molecular formula is C18H17AuN3O4S2-2. The Labute approximate surface area is 189 Å². The van der Waals surface area contributed by atoms with Crippen LogP contribution in [0.2, 0.25) is 0 Å². The number of piperazine rings is 1. The molecule has 1 aliphatic heterocycles. The zero-order valence-corrected chi connectivity index (χ0v) is 18.4. The molecule has 0 amide bonds. The Morgan fingerprint density at radius 2 is 1.57 bits per heavy atom. The summed E-state index contributed by atoms with van der Waals surface area (Å²) < 4.78 is 4.98. The molecule has 0 atom stereocenters. The molecule has 1 fully saturated rings. The van der Waals surface area contributed by atoms with E-state index in [4.69, 9.17) is 30.0 Å². The fraction of sp³-hybridized carbons (Fsp3) is 0.278. The van der Waals surface area contributed by atoms with E-state index in [2.05, 4.69) is 9.80 Å². The topological polar surface area (TPSA) is 75.9 Å². The molecule has 0 aliphatic carbocycles. The number of carbonyl (C=O) groups is 1. The fourth-order valence-corrected chi connectivity index (χ4v) is 3.22. The SMILES string of the molecule is O=C(Oc1ccc([N+](=O)[O-])cc1)c1ccc(N2CCN(C([S-])[S-])CC2)cc1.[Au]. The van der Waals surface area contributed by atoms with Gasteiger partial charge in [0.15, 0.2) is 0 Å². The van der Waals surface area contributed by atoms with Crippen LogP contribution >= 0.6 is 0 Å². The van der Waals surface area contributed by atoms with Gasteiger partial charge in [-0.05, 0) is 36.4 Å². The molecule has 3 rings (SSSR count). The van der Waals surface area contributed by atoms with Gasteiger partial charge in [0.1, 0.15) is 5.75 Å². The quantitative estimate of drug-likeness (QED) is 0.129. The molecule has 10 heteroatoms. The maximum atomic E-state index is 12.2. The Hall–Kier alpha value is -1.49. The Balaban J connectivity index is 0.00000280. The van der Waals surface area contributed by atoms with Gasteiger partial charge >= 0.3 is 5.97 Å². The summed E-state index contributed by atoms with van der Waals surface area (Å²) in [5.74, 6) is -0.256. The normalized spacial score (nSPS) is 14.5. The molecule has 28 heavy (non-hydrogen) atoms. The van der Waals surface area contributed by atoms with Crippen LogP contribution in [0.4, 0.5) is 11.4 Å². The van der Waals surface area contributed by atoms with Crippen LogP contribution in [0.25, 0.3) is 0 Å². The number of hydrogen-bond acceptors (Lipinski definition) is 8. The molecular weight excluding hydrogens is 583 g/mol. The van der Waals surface area contributed by atoms with Crippen molar-refractivity contribution in [2.24, 2.45) is 0 Å². The van der Waals surface area contributed by atoms with Crippen molar-refractivity contribution in [3.8, 4) is 5.75 Å². The number of benzene rings is 2. The van der Waals surface area contributed by atoms with E-state index in [1.165, 1.54) is 24.3 Å². The number of anilines is 1. The summed E-state index contributed by atoms with van der Waals surface area (Å²) in [7, 11) is 0. The van der Waals surface area contributed by atoms with Gasteiger partial charge in [0.05, 0.1) is 10.5 Å². The molecule has 2 aromatic rings. The molecule has 1 aliphatic rings. The predicted molar refractivity (Wildman–Crippen MR) is 107 cm³/mol. The third kappa shape index (κ3) is 5.76. The number of non-ortho nitro benzene ring substituents is 1. The van der Waals surface area contributed by atoms with Crippen molar-refractivity contribution in [3.05, 3.63) is 64.2 Å². The second-order valence-corrected chi connectivity index (χ2v) is 7.21. The van der Waals surface area contributed by atoms with Crippen LogP contribution in [-0.4, -0.2) is 46.7 Å². The van der Waals surface area contributed by atoms with Gasteiger partial charge in [-0.1, -0.05) is 0 Å². The second-order valence-electron chi connectivity index (χ2n) is 6.02. The van der Waals surface area contributed by atoms with Gasteiger partial charge in [-0.25, -0.2) is 9.50 Å². The van der Waals surface area contributed by atoms with Gasteiger partial charge in [-0.3, -0.25) is 10.1 Å². The second kappa shape index (κ2) is 10.3. The number of carbonyl (C=O) groups excluding carboxylic acids is 1. The first-order valence-electron chi connectivity index (χ1n) is 8.31. The van der Waals surface area contributed by atoms with Crippen molar-refractivity contribution in [1.29, 1.82) is 0 Å². The molecule has 0 aromatic heterocycles. The van der Waals surface area contributed by atoms with E-state index in [0.717, 1.165) is 31.9 Å². The molecule has 2 aromatic carbocycles. The number of nitro benzene ring substituents is 1. The smallest absolute Gasteiger partial charge is 0.343 e. The van der Waals surface area contributed by atoms with E-state index in [1.54, 1.807) is 12.1 Å². The van der Waals surface area contributed by atoms with Gasteiger partial charge in [-0.2, -0.15) is 0 Å². The van der Waals surface area contributed by atoms with Gasteiger partial charge in [0, 0.05) is 66.4 Å². The average molecular weight is 600 g/mol. The fourth-order valence-electron chi connectivity index (χ4n) is 2.80. The minimum absolute atomic E-state index is 0. The summed E-state index contributed by atoms with van der Waals surface area (Å²) in [6.07, 6.45) is 0. The first-order chi connectivity index (χ1) is 12.9. The molecule has 0 bridgehead atoms. The summed E-state index contributed by atoms with van der Waals surface area (Å²) in [6, 6.07) is 12.5. The summed E-state index contributed by atoms with van der Waals surface area (Å²) in [6.45, 7) is 3.30. The molecule has 0 saturated carbocycles. The van der Waals surface area contributed by atoms with Gasteiger partial charge in [0.25, 0.3) is 5.69 Å². The van der Waals surface area contributed by atoms with Crippen LogP contribution < -0.4 is 9.64 Å². The van der Waals surface area contributed by atoms with Crippen LogP contribution in [0.1, 0.15) is 10.4 Å². The molecule has 0 N–H and O–H groups in total. The summed E-state index contributed by atoms with van der Waals surface area (Å²) in [4.78, 5) is 26.7.